The second-order valence-corrected chi connectivity index (χ2v) is 6.55. The molecule has 2 N–H and O–H groups in total. The van der Waals surface area contributed by atoms with Gasteiger partial charge in [-0.15, -0.1) is 0 Å². The van der Waals surface area contributed by atoms with E-state index in [1.165, 1.54) is 6.42 Å². The average Bonchev–Trinajstić information content (AvgIpc) is 2.50. The first-order valence-corrected chi connectivity index (χ1v) is 8.32. The number of carbonyl (C=O) groups is 1. The Kier molecular flexibility index (Phi) is 6.21. The molecule has 1 aromatic carbocycles. The minimum Gasteiger partial charge on any atom is -0.340 e. The highest BCUT2D eigenvalue weighted by Gasteiger charge is 2.24. The van der Waals surface area contributed by atoms with Crippen molar-refractivity contribution in [2.24, 2.45) is 5.73 Å². The number of hydrogen-bond donors (Lipinski definition) is 1. The number of piperidine rings is 1. The Morgan fingerprint density at radius 1 is 1.43 bits per heavy atom. The zero-order valence-corrected chi connectivity index (χ0v) is 14.2. The van der Waals surface area contributed by atoms with Gasteiger partial charge in [-0.1, -0.05) is 40.5 Å². The van der Waals surface area contributed by atoms with Gasteiger partial charge in [0.2, 0.25) is 5.91 Å². The summed E-state index contributed by atoms with van der Waals surface area (Å²) < 4.78 is 1.04. The summed E-state index contributed by atoms with van der Waals surface area (Å²) in [4.78, 5) is 16.4. The molecule has 1 fully saturated rings. The van der Waals surface area contributed by atoms with E-state index >= 15 is 0 Å². The van der Waals surface area contributed by atoms with Crippen molar-refractivity contribution in [2.75, 3.05) is 26.7 Å². The lowest BCUT2D eigenvalue weighted by atomic mass is 10.0. The van der Waals surface area contributed by atoms with E-state index < -0.39 is 0 Å². The molecule has 0 bridgehead atoms. The first-order valence-electron chi connectivity index (χ1n) is 7.53. The van der Waals surface area contributed by atoms with Gasteiger partial charge in [-0.2, -0.15) is 0 Å². The number of rotatable bonds is 5. The molecule has 2 rings (SSSR count). The second-order valence-electron chi connectivity index (χ2n) is 5.70. The number of nitrogens with zero attached hydrogens (tertiary/aromatic N) is 2. The van der Waals surface area contributed by atoms with Gasteiger partial charge in [0.05, 0.1) is 6.54 Å². The highest BCUT2D eigenvalue weighted by atomic mass is 79.9. The number of amides is 1. The van der Waals surface area contributed by atoms with Crippen LogP contribution in [0, 0.1) is 0 Å². The Labute approximate surface area is 135 Å². The van der Waals surface area contributed by atoms with Gasteiger partial charge in [-0.05, 0) is 31.0 Å². The highest BCUT2D eigenvalue weighted by molar-refractivity contribution is 9.10. The smallest absolute Gasteiger partial charge is 0.236 e. The van der Waals surface area contributed by atoms with E-state index in [1.807, 2.05) is 31.3 Å². The molecule has 116 valence electrons. The van der Waals surface area contributed by atoms with Gasteiger partial charge in [0.1, 0.15) is 0 Å². The molecular formula is C16H24BrN3O. The van der Waals surface area contributed by atoms with Crippen LogP contribution in [0.1, 0.15) is 24.8 Å². The van der Waals surface area contributed by atoms with Crippen LogP contribution in [0.3, 0.4) is 0 Å². The quantitative estimate of drug-likeness (QED) is 0.882. The predicted molar refractivity (Wildman–Crippen MR) is 88.9 cm³/mol. The van der Waals surface area contributed by atoms with E-state index in [4.69, 9.17) is 5.73 Å². The van der Waals surface area contributed by atoms with Crippen LogP contribution in [0.25, 0.3) is 0 Å². The Bertz CT molecular complexity index is 480. The summed E-state index contributed by atoms with van der Waals surface area (Å²) in [5.74, 6) is 0.158. The predicted octanol–water partition coefficient (Wildman–Crippen LogP) is 2.22. The Morgan fingerprint density at radius 2 is 2.19 bits per heavy atom. The monoisotopic (exact) mass is 353 g/mol. The molecule has 1 aromatic rings. The van der Waals surface area contributed by atoms with Crippen molar-refractivity contribution in [2.45, 2.75) is 31.8 Å². The summed E-state index contributed by atoms with van der Waals surface area (Å²) in [6, 6.07) is 8.38. The highest BCUT2D eigenvalue weighted by Crippen LogP contribution is 2.19. The van der Waals surface area contributed by atoms with Gasteiger partial charge in [0, 0.05) is 30.7 Å². The lowest BCUT2D eigenvalue weighted by Gasteiger charge is -2.35. The number of halogens is 1. The summed E-state index contributed by atoms with van der Waals surface area (Å²) >= 11 is 3.53. The van der Waals surface area contributed by atoms with Gasteiger partial charge in [-0.3, -0.25) is 9.69 Å². The van der Waals surface area contributed by atoms with Crippen LogP contribution in [0.15, 0.2) is 28.7 Å². The second kappa shape index (κ2) is 7.92. The van der Waals surface area contributed by atoms with Gasteiger partial charge in [0.15, 0.2) is 0 Å². The van der Waals surface area contributed by atoms with Crippen LogP contribution in [-0.2, 0) is 11.3 Å². The average molecular weight is 354 g/mol. The molecule has 1 aliphatic rings. The van der Waals surface area contributed by atoms with E-state index in [0.29, 0.717) is 25.7 Å². The zero-order valence-electron chi connectivity index (χ0n) is 12.6. The molecule has 1 saturated heterocycles. The van der Waals surface area contributed by atoms with Crippen LogP contribution in [0.4, 0.5) is 0 Å². The molecular weight excluding hydrogens is 330 g/mol. The van der Waals surface area contributed by atoms with E-state index in [1.54, 1.807) is 4.90 Å². The van der Waals surface area contributed by atoms with Crippen molar-refractivity contribution in [3.63, 3.8) is 0 Å². The fourth-order valence-electron chi connectivity index (χ4n) is 2.80. The minimum atomic E-state index is 0.158. The Balaban J connectivity index is 1.91. The first kappa shape index (κ1) is 16.5. The number of benzene rings is 1. The topological polar surface area (TPSA) is 49.6 Å². The van der Waals surface area contributed by atoms with Crippen molar-refractivity contribution in [1.29, 1.82) is 0 Å². The maximum Gasteiger partial charge on any atom is 0.236 e. The number of likely N-dealkylation sites (tertiary alicyclic amines) is 1. The standard InChI is InChI=1S/C16H24BrN3O/c1-19(11-13-6-2-3-8-15(13)17)16(21)12-20-9-5-4-7-14(20)10-18/h2-3,6,8,14H,4-5,7,9-12,18H2,1H3. The third kappa shape index (κ3) is 4.53. The Morgan fingerprint density at radius 3 is 2.90 bits per heavy atom. The van der Waals surface area contributed by atoms with Crippen molar-refractivity contribution in [3.8, 4) is 0 Å². The summed E-state index contributed by atoms with van der Waals surface area (Å²) in [5.41, 5.74) is 6.94. The molecule has 0 aliphatic carbocycles. The third-order valence-electron chi connectivity index (χ3n) is 4.15. The number of carbonyl (C=O) groups excluding carboxylic acids is 1. The molecule has 0 radical (unpaired) electrons. The van der Waals surface area contributed by atoms with Crippen LogP contribution < -0.4 is 5.73 Å². The maximum atomic E-state index is 12.4. The molecule has 21 heavy (non-hydrogen) atoms. The van der Waals surface area contributed by atoms with Gasteiger partial charge < -0.3 is 10.6 Å². The summed E-state index contributed by atoms with van der Waals surface area (Å²) in [6.07, 6.45) is 3.49. The van der Waals surface area contributed by atoms with Crippen molar-refractivity contribution in [3.05, 3.63) is 34.3 Å². The van der Waals surface area contributed by atoms with E-state index in [0.717, 1.165) is 29.4 Å². The van der Waals surface area contributed by atoms with Crippen LogP contribution in [0.2, 0.25) is 0 Å². The summed E-state index contributed by atoms with van der Waals surface area (Å²) in [7, 11) is 1.86. The van der Waals surface area contributed by atoms with Crippen LogP contribution >= 0.6 is 15.9 Å². The molecule has 0 aromatic heterocycles. The van der Waals surface area contributed by atoms with Crippen molar-refractivity contribution in [1.82, 2.24) is 9.80 Å². The molecule has 1 unspecified atom stereocenters. The van der Waals surface area contributed by atoms with E-state index in [-0.39, 0.29) is 5.91 Å². The van der Waals surface area contributed by atoms with Gasteiger partial charge in [0.25, 0.3) is 0 Å². The van der Waals surface area contributed by atoms with Crippen molar-refractivity contribution >= 4 is 21.8 Å². The summed E-state index contributed by atoms with van der Waals surface area (Å²) in [5, 5.41) is 0. The van der Waals surface area contributed by atoms with Crippen molar-refractivity contribution < 1.29 is 4.79 Å². The number of hydrogen-bond acceptors (Lipinski definition) is 3. The van der Waals surface area contributed by atoms with Crippen LogP contribution in [-0.4, -0.2) is 48.4 Å². The largest absolute Gasteiger partial charge is 0.340 e. The molecule has 1 heterocycles. The molecule has 1 atom stereocenters. The normalized spacial score (nSPS) is 19.5. The van der Waals surface area contributed by atoms with Crippen LogP contribution in [0.5, 0.6) is 0 Å². The zero-order chi connectivity index (χ0) is 15.2. The fraction of sp³-hybridized carbons (Fsp3) is 0.562. The number of likely N-dealkylation sites (N-methyl/N-ethyl adjacent to an activating group) is 1. The third-order valence-corrected chi connectivity index (χ3v) is 4.92. The molecule has 0 saturated carbocycles. The first-order chi connectivity index (χ1) is 10.1. The Hall–Kier alpha value is -0.910. The SMILES string of the molecule is CN(Cc1ccccc1Br)C(=O)CN1CCCCC1CN. The molecule has 1 aliphatic heterocycles. The molecule has 0 spiro atoms. The molecule has 5 heteroatoms. The summed E-state index contributed by atoms with van der Waals surface area (Å²) in [6.45, 7) is 2.72. The van der Waals surface area contributed by atoms with E-state index in [2.05, 4.69) is 20.8 Å². The number of nitrogens with two attached hydrogens (primary N) is 1. The minimum absolute atomic E-state index is 0.158. The fourth-order valence-corrected chi connectivity index (χ4v) is 3.21. The maximum absolute atomic E-state index is 12.4. The molecule has 1 amide bonds. The van der Waals surface area contributed by atoms with E-state index in [9.17, 15) is 4.79 Å². The van der Waals surface area contributed by atoms with Gasteiger partial charge >= 0.3 is 0 Å². The lowest BCUT2D eigenvalue weighted by molar-refractivity contribution is -0.132. The lowest BCUT2D eigenvalue weighted by Crippen LogP contribution is -2.48. The molecule has 4 nitrogen and oxygen atoms in total. The van der Waals surface area contributed by atoms with Gasteiger partial charge in [-0.25, -0.2) is 0 Å².